The Morgan fingerprint density at radius 2 is 1.95 bits per heavy atom. The summed E-state index contributed by atoms with van der Waals surface area (Å²) < 4.78 is 47.4. The van der Waals surface area contributed by atoms with Crippen LogP contribution in [0.4, 0.5) is 23.7 Å². The zero-order valence-corrected chi connectivity index (χ0v) is 21.6. The number of aromatic nitrogens is 3. The van der Waals surface area contributed by atoms with Crippen molar-refractivity contribution < 1.29 is 32.2 Å². The third-order valence-corrected chi connectivity index (χ3v) is 6.42. The van der Waals surface area contributed by atoms with Crippen LogP contribution in [0.25, 0.3) is 22.5 Å². The smallest absolute Gasteiger partial charge is 0.453 e. The molecule has 208 valence electrons. The van der Waals surface area contributed by atoms with Crippen molar-refractivity contribution in [3.05, 3.63) is 48.5 Å². The molecule has 1 aliphatic rings. The fraction of sp³-hybridized carbons (Fsp3) is 0.385. The summed E-state index contributed by atoms with van der Waals surface area (Å²) in [4.78, 5) is 38.8. The Morgan fingerprint density at radius 3 is 2.59 bits per heavy atom. The van der Waals surface area contributed by atoms with Gasteiger partial charge in [-0.3, -0.25) is 9.78 Å². The van der Waals surface area contributed by atoms with E-state index in [4.69, 9.17) is 5.73 Å². The first-order valence-corrected chi connectivity index (χ1v) is 12.3. The van der Waals surface area contributed by atoms with Crippen molar-refractivity contribution in [2.45, 2.75) is 45.1 Å². The number of benzene rings is 1. The third kappa shape index (κ3) is 6.41. The fourth-order valence-electron chi connectivity index (χ4n) is 4.52. The Hall–Kier alpha value is -4.29. The number of nitrogens with zero attached hydrogens (tertiary/aromatic N) is 3. The van der Waals surface area contributed by atoms with Crippen molar-refractivity contribution in [3.63, 3.8) is 0 Å². The Balaban J connectivity index is 1.54. The van der Waals surface area contributed by atoms with Gasteiger partial charge in [0.1, 0.15) is 17.6 Å². The summed E-state index contributed by atoms with van der Waals surface area (Å²) in [6.45, 7) is 4.20. The van der Waals surface area contributed by atoms with E-state index >= 15 is 0 Å². The van der Waals surface area contributed by atoms with Gasteiger partial charge in [0.15, 0.2) is 0 Å². The van der Waals surface area contributed by atoms with E-state index in [1.165, 1.54) is 25.4 Å². The molecule has 0 radical (unpaired) electrons. The Labute approximate surface area is 222 Å². The number of aromatic amines is 1. The molecule has 2 amide bonds. The highest BCUT2D eigenvalue weighted by atomic mass is 19.4. The number of rotatable bonds is 7. The predicted octanol–water partition coefficient (Wildman–Crippen LogP) is 4.66. The quantitative estimate of drug-likeness (QED) is 0.367. The minimum Gasteiger partial charge on any atom is -0.453 e. The van der Waals surface area contributed by atoms with Crippen LogP contribution in [0.1, 0.15) is 38.6 Å². The molecule has 4 N–H and O–H groups in total. The van der Waals surface area contributed by atoms with Gasteiger partial charge < -0.3 is 30.4 Å². The van der Waals surface area contributed by atoms with Gasteiger partial charge >= 0.3 is 12.5 Å². The molecular formula is C26H29F3N6O4. The molecule has 3 aromatic rings. The van der Waals surface area contributed by atoms with E-state index in [0.29, 0.717) is 30.0 Å². The van der Waals surface area contributed by atoms with Gasteiger partial charge in [-0.15, -0.1) is 13.2 Å². The van der Waals surface area contributed by atoms with Crippen LogP contribution in [-0.4, -0.2) is 57.9 Å². The highest BCUT2D eigenvalue weighted by molar-refractivity contribution is 5.86. The number of carbonyl (C=O) groups excluding carboxylic acids is 2. The number of methoxy groups -OCH3 is 1. The molecule has 0 spiro atoms. The number of anilines is 1. The number of alkyl carbamates (subject to hydrolysis) is 1. The van der Waals surface area contributed by atoms with E-state index in [1.54, 1.807) is 23.2 Å². The number of carbonyl (C=O) groups is 2. The van der Waals surface area contributed by atoms with Crippen LogP contribution in [-0.2, 0) is 9.53 Å². The lowest BCUT2D eigenvalue weighted by atomic mass is 10.0. The van der Waals surface area contributed by atoms with E-state index < -0.39 is 24.2 Å². The number of nitrogens with two attached hydrogens (primary N) is 1. The van der Waals surface area contributed by atoms with Gasteiger partial charge in [-0.1, -0.05) is 13.8 Å². The van der Waals surface area contributed by atoms with Crippen LogP contribution in [0.2, 0.25) is 0 Å². The number of likely N-dealkylation sites (tertiary alicyclic amines) is 1. The zero-order chi connectivity index (χ0) is 28.3. The van der Waals surface area contributed by atoms with Gasteiger partial charge in [0.25, 0.3) is 0 Å². The molecule has 0 aliphatic carbocycles. The first-order chi connectivity index (χ1) is 18.5. The van der Waals surface area contributed by atoms with Crippen LogP contribution >= 0.6 is 0 Å². The fourth-order valence-corrected chi connectivity index (χ4v) is 4.52. The van der Waals surface area contributed by atoms with E-state index in [9.17, 15) is 22.8 Å². The van der Waals surface area contributed by atoms with E-state index in [-0.39, 0.29) is 34.8 Å². The zero-order valence-electron chi connectivity index (χ0n) is 21.6. The average molecular weight is 547 g/mol. The maximum Gasteiger partial charge on any atom is 0.573 e. The average Bonchev–Trinajstić information content (AvgIpc) is 3.56. The lowest BCUT2D eigenvalue weighted by Crippen LogP contribution is -2.51. The first-order valence-electron chi connectivity index (χ1n) is 12.3. The summed E-state index contributed by atoms with van der Waals surface area (Å²) >= 11 is 0. The second kappa shape index (κ2) is 11.2. The van der Waals surface area contributed by atoms with Crippen molar-refractivity contribution in [1.29, 1.82) is 0 Å². The van der Waals surface area contributed by atoms with Crippen LogP contribution in [0.3, 0.4) is 0 Å². The predicted molar refractivity (Wildman–Crippen MR) is 136 cm³/mol. The van der Waals surface area contributed by atoms with Crippen molar-refractivity contribution >= 4 is 17.7 Å². The minimum atomic E-state index is -4.88. The minimum absolute atomic E-state index is 0.125. The van der Waals surface area contributed by atoms with Crippen molar-refractivity contribution in [1.82, 2.24) is 25.2 Å². The molecule has 1 aromatic carbocycles. The summed E-state index contributed by atoms with van der Waals surface area (Å²) in [5.74, 6) is -0.237. The molecule has 39 heavy (non-hydrogen) atoms. The molecule has 13 heteroatoms. The monoisotopic (exact) mass is 546 g/mol. The maximum atomic E-state index is 13.3. The molecule has 1 aliphatic heterocycles. The van der Waals surface area contributed by atoms with E-state index in [0.717, 1.165) is 12.5 Å². The molecule has 10 nitrogen and oxygen atoms in total. The van der Waals surface area contributed by atoms with Gasteiger partial charge in [0, 0.05) is 35.6 Å². The SMILES string of the molecule is COC(=O)N[C@H](C(=O)N1CCC[C@H]1c1ncc(-c2ccc(-c3ccc(N)cc3OC(F)(F)F)nc2)[nH]1)C(C)C. The highest BCUT2D eigenvalue weighted by Crippen LogP contribution is 2.36. The second-order valence-corrected chi connectivity index (χ2v) is 9.46. The molecular weight excluding hydrogens is 517 g/mol. The lowest BCUT2D eigenvalue weighted by molar-refractivity contribution is -0.274. The molecule has 2 aromatic heterocycles. The Kier molecular flexibility index (Phi) is 7.98. The summed E-state index contributed by atoms with van der Waals surface area (Å²) in [6, 6.07) is 6.19. The van der Waals surface area contributed by atoms with Crippen molar-refractivity contribution in [2.75, 3.05) is 19.4 Å². The molecule has 0 bridgehead atoms. The number of alkyl halides is 3. The number of imidazole rings is 1. The maximum absolute atomic E-state index is 13.3. The molecule has 0 saturated carbocycles. The first kappa shape index (κ1) is 27.7. The van der Waals surface area contributed by atoms with Crippen LogP contribution in [0, 0.1) is 5.92 Å². The molecule has 0 unspecified atom stereocenters. The topological polar surface area (TPSA) is 135 Å². The van der Waals surface area contributed by atoms with Gasteiger partial charge in [0.05, 0.1) is 30.7 Å². The normalized spacial score (nSPS) is 16.3. The number of nitrogen functional groups attached to an aromatic ring is 1. The molecule has 1 saturated heterocycles. The number of hydrogen-bond donors (Lipinski definition) is 3. The van der Waals surface area contributed by atoms with Crippen LogP contribution in [0.5, 0.6) is 5.75 Å². The van der Waals surface area contributed by atoms with Gasteiger partial charge in [0.2, 0.25) is 5.91 Å². The third-order valence-electron chi connectivity index (χ3n) is 6.42. The Bertz CT molecular complexity index is 1330. The van der Waals surface area contributed by atoms with Gasteiger partial charge in [-0.05, 0) is 43.0 Å². The molecule has 1 fully saturated rings. The van der Waals surface area contributed by atoms with Gasteiger partial charge in [-0.2, -0.15) is 0 Å². The van der Waals surface area contributed by atoms with E-state index in [2.05, 4.69) is 29.7 Å². The standard InChI is InChI=1S/C26H29F3N6O4/c1-14(2)22(34-25(37)38-3)24(36)35-10-4-5-20(35)23-32-13-19(33-23)15-6-9-18(31-12-15)17-8-7-16(30)11-21(17)39-26(27,28)29/h6-9,11-14,20,22H,4-5,10,30H2,1-3H3,(H,32,33)(H,34,37)/t20-,22-/m0/s1. The van der Waals surface area contributed by atoms with Crippen molar-refractivity contribution in [3.8, 4) is 28.3 Å². The summed E-state index contributed by atoms with van der Waals surface area (Å²) in [7, 11) is 1.24. The number of pyridine rings is 1. The second-order valence-electron chi connectivity index (χ2n) is 9.46. The van der Waals surface area contributed by atoms with Crippen LogP contribution < -0.4 is 15.8 Å². The summed E-state index contributed by atoms with van der Waals surface area (Å²) in [6.07, 6.45) is -0.971. The summed E-state index contributed by atoms with van der Waals surface area (Å²) in [5.41, 5.74) is 7.44. The lowest BCUT2D eigenvalue weighted by Gasteiger charge is -2.30. The van der Waals surface area contributed by atoms with Gasteiger partial charge in [-0.25, -0.2) is 9.78 Å². The number of amides is 2. The van der Waals surface area contributed by atoms with Crippen molar-refractivity contribution in [2.24, 2.45) is 5.92 Å². The molecule has 3 heterocycles. The molecule has 2 atom stereocenters. The largest absolute Gasteiger partial charge is 0.573 e. The van der Waals surface area contributed by atoms with E-state index in [1.807, 2.05) is 13.8 Å². The number of nitrogens with one attached hydrogen (secondary N) is 2. The number of halogens is 3. The number of hydrogen-bond acceptors (Lipinski definition) is 7. The van der Waals surface area contributed by atoms with Crippen LogP contribution in [0.15, 0.2) is 42.7 Å². The summed E-state index contributed by atoms with van der Waals surface area (Å²) in [5, 5.41) is 2.61. The number of ether oxygens (including phenoxy) is 2. The highest BCUT2D eigenvalue weighted by Gasteiger charge is 2.37. The Morgan fingerprint density at radius 1 is 1.18 bits per heavy atom. The molecule has 4 rings (SSSR count). The number of H-pyrrole nitrogens is 1.